The van der Waals surface area contributed by atoms with Crippen molar-refractivity contribution in [2.75, 3.05) is 19.8 Å². The van der Waals surface area contributed by atoms with E-state index in [1.165, 1.54) is 135 Å². The van der Waals surface area contributed by atoms with Crippen LogP contribution in [0.1, 0.15) is 233 Å². The van der Waals surface area contributed by atoms with E-state index >= 15 is 0 Å². The summed E-state index contributed by atoms with van der Waals surface area (Å²) in [6.07, 6.45) is 3.70. The highest BCUT2D eigenvalue weighted by molar-refractivity contribution is 5.81. The number of hydrogen-bond donors (Lipinski definition) is 14. The van der Waals surface area contributed by atoms with Crippen molar-refractivity contribution in [1.29, 1.82) is 0 Å². The highest BCUT2D eigenvalue weighted by atomic mass is 16.8. The summed E-state index contributed by atoms with van der Waals surface area (Å²) >= 11 is 0. The summed E-state index contributed by atoms with van der Waals surface area (Å²) in [5.41, 5.74) is 0. The third kappa shape index (κ3) is 27.1. The number of rotatable bonds is 47. The number of amides is 1. The summed E-state index contributed by atoms with van der Waals surface area (Å²) in [6, 6.07) is -1.49. The van der Waals surface area contributed by atoms with Crippen LogP contribution in [0.25, 0.3) is 0 Å². The predicted octanol–water partition coefficient (Wildman–Crippen LogP) is 4.32. The average molecular weight is 1170 g/mol. The van der Waals surface area contributed by atoms with Crippen molar-refractivity contribution in [3.8, 4) is 0 Å². The summed E-state index contributed by atoms with van der Waals surface area (Å²) in [6.45, 7) is 3.39. The molecule has 14 N–H and O–H groups in total. The molecule has 3 aliphatic rings. The van der Waals surface area contributed by atoms with Gasteiger partial charge >= 0.3 is 0 Å². The molecule has 480 valence electrons. The maximum Gasteiger partial charge on any atom is 0.251 e. The molecule has 21 heteroatoms. The van der Waals surface area contributed by atoms with Gasteiger partial charge in [0, 0.05) is 0 Å². The average Bonchev–Trinajstić information content (AvgIpc) is 3.58. The molecule has 0 aromatic heterocycles. The van der Waals surface area contributed by atoms with Gasteiger partial charge in [-0.1, -0.05) is 213 Å². The molecule has 0 saturated carbocycles. The van der Waals surface area contributed by atoms with Gasteiger partial charge < -0.3 is 100 Å². The molecule has 13 unspecified atom stereocenters. The molecular formula is C60H115NO20. The van der Waals surface area contributed by atoms with Gasteiger partial charge in [-0.2, -0.15) is 0 Å². The second-order valence-electron chi connectivity index (χ2n) is 23.6. The Bertz CT molecular complexity index is 1540. The summed E-state index contributed by atoms with van der Waals surface area (Å²) in [4.78, 5) is 13.7. The van der Waals surface area contributed by atoms with Crippen molar-refractivity contribution in [3.63, 3.8) is 0 Å². The van der Waals surface area contributed by atoms with Crippen LogP contribution in [-0.4, -0.2) is 215 Å². The first kappa shape index (κ1) is 74.0. The van der Waals surface area contributed by atoms with Gasteiger partial charge in [0.1, 0.15) is 73.2 Å². The predicted molar refractivity (Wildman–Crippen MR) is 303 cm³/mol. The van der Waals surface area contributed by atoms with E-state index < -0.39 is 148 Å². The van der Waals surface area contributed by atoms with Crippen molar-refractivity contribution in [3.05, 3.63) is 0 Å². The number of aliphatic hydroxyl groups excluding tert-OH is 13. The molecule has 1 amide bonds. The standard InChI is InChI=1S/C60H115NO20/c1-4-6-8-10-12-14-16-18-19-20-21-22-23-24-26-28-30-32-34-36-43(65)48(68)57(75)61-41(47(67)42(64)35-33-31-29-27-25-17-15-13-11-9-7-5-2)39-76-58-54(74)56(81-59-52(72)50(70)46(66)40(3)77-59)55(45(38-63)79-58)80-60-53(73)51(71)49(69)44(37-62)78-60/h40-56,58-60,62-74H,4-39H2,1-3H3,(H,61,75)/t40?,41?,42?,43?,44?,45?,46-,47-,48?,49-,50?,51?,52?,53?,54?,55+,56?,58+,59-,60-/m0/s1. The SMILES string of the molecule is CCCCCCCCCCCCCCCCCCCCCC(O)C(O)C(=O)NC(CO[C@@H]1OC(CO)[C@@H](O[C@@H]2OC(CO)[C@H](O)C(O)C2O)C(O[C@@H]2OC(C)[C@H](O)C(O)C2O)C1O)[C@H](O)C(O)CCCCCCCCCCCCCC. The van der Waals surface area contributed by atoms with Crippen molar-refractivity contribution in [2.24, 2.45) is 0 Å². The van der Waals surface area contributed by atoms with Gasteiger partial charge in [0.05, 0.1) is 44.2 Å². The molecule has 3 saturated heterocycles. The number of unbranched alkanes of at least 4 members (excludes halogenated alkanes) is 29. The lowest BCUT2D eigenvalue weighted by Gasteiger charge is -2.49. The fraction of sp³-hybridized carbons (Fsp3) is 0.983. The Hall–Kier alpha value is -1.29. The van der Waals surface area contributed by atoms with Gasteiger partial charge in [0.15, 0.2) is 25.0 Å². The van der Waals surface area contributed by atoms with Gasteiger partial charge in [0.25, 0.3) is 5.91 Å². The molecule has 3 heterocycles. The fourth-order valence-electron chi connectivity index (χ4n) is 11.2. The third-order valence-electron chi connectivity index (χ3n) is 16.7. The topological polar surface area (TPSA) is 347 Å². The third-order valence-corrected chi connectivity index (χ3v) is 16.7. The van der Waals surface area contributed by atoms with Gasteiger partial charge in [-0.3, -0.25) is 4.79 Å². The normalized spacial score (nSPS) is 30.9. The number of nitrogens with one attached hydrogen (secondary N) is 1. The largest absolute Gasteiger partial charge is 0.394 e. The first-order valence-corrected chi connectivity index (χ1v) is 31.9. The Morgan fingerprint density at radius 1 is 0.432 bits per heavy atom. The van der Waals surface area contributed by atoms with Crippen LogP contribution < -0.4 is 5.32 Å². The van der Waals surface area contributed by atoms with Gasteiger partial charge in [0.2, 0.25) is 0 Å². The van der Waals surface area contributed by atoms with Crippen LogP contribution in [-0.2, 0) is 33.2 Å². The van der Waals surface area contributed by atoms with Crippen LogP contribution in [0.2, 0.25) is 0 Å². The van der Waals surface area contributed by atoms with Crippen LogP contribution in [0.15, 0.2) is 0 Å². The zero-order valence-corrected chi connectivity index (χ0v) is 49.7. The summed E-state index contributed by atoms with van der Waals surface area (Å²) < 4.78 is 35.1. The smallest absolute Gasteiger partial charge is 0.251 e. The van der Waals surface area contributed by atoms with Crippen molar-refractivity contribution in [1.82, 2.24) is 5.32 Å². The molecule has 0 radical (unpaired) electrons. The number of ether oxygens (including phenoxy) is 6. The van der Waals surface area contributed by atoms with E-state index in [2.05, 4.69) is 19.2 Å². The van der Waals surface area contributed by atoms with Crippen LogP contribution in [0.3, 0.4) is 0 Å². The van der Waals surface area contributed by atoms with Gasteiger partial charge in [-0.25, -0.2) is 0 Å². The van der Waals surface area contributed by atoms with Crippen LogP contribution in [0.5, 0.6) is 0 Å². The molecule has 3 aliphatic heterocycles. The molecule has 81 heavy (non-hydrogen) atoms. The lowest BCUT2D eigenvalue weighted by Crippen LogP contribution is -2.67. The van der Waals surface area contributed by atoms with E-state index in [9.17, 15) is 71.2 Å². The Labute approximate surface area is 484 Å². The van der Waals surface area contributed by atoms with E-state index in [0.29, 0.717) is 12.8 Å². The van der Waals surface area contributed by atoms with Crippen LogP contribution in [0, 0.1) is 0 Å². The maximum absolute atomic E-state index is 13.7. The fourth-order valence-corrected chi connectivity index (χ4v) is 11.2. The monoisotopic (exact) mass is 1170 g/mol. The molecule has 21 nitrogen and oxygen atoms in total. The summed E-state index contributed by atoms with van der Waals surface area (Å²) in [5.74, 6) is -1.06. The molecule has 0 aliphatic carbocycles. The molecule has 0 aromatic rings. The van der Waals surface area contributed by atoms with Crippen LogP contribution in [0.4, 0.5) is 0 Å². The second-order valence-corrected chi connectivity index (χ2v) is 23.6. The Morgan fingerprint density at radius 2 is 0.802 bits per heavy atom. The Kier molecular flexibility index (Phi) is 39.6. The number of hydrogen-bond acceptors (Lipinski definition) is 20. The second kappa shape index (κ2) is 43.4. The molecular weight excluding hydrogens is 1050 g/mol. The lowest BCUT2D eigenvalue weighted by molar-refractivity contribution is -0.386. The van der Waals surface area contributed by atoms with Crippen molar-refractivity contribution < 1.29 is 99.6 Å². The Balaban J connectivity index is 1.63. The first-order chi connectivity index (χ1) is 39.0. The van der Waals surface area contributed by atoms with Crippen molar-refractivity contribution >= 4 is 5.91 Å². The number of carbonyl (C=O) groups is 1. The zero-order valence-electron chi connectivity index (χ0n) is 49.7. The van der Waals surface area contributed by atoms with Gasteiger partial charge in [-0.05, 0) is 19.8 Å². The molecule has 20 atom stereocenters. The quantitative estimate of drug-likeness (QED) is 0.0377. The summed E-state index contributed by atoms with van der Waals surface area (Å²) in [7, 11) is 0. The number of aliphatic hydroxyl groups is 13. The molecule has 0 bridgehead atoms. The minimum absolute atomic E-state index is 0.130. The van der Waals surface area contributed by atoms with Crippen LogP contribution >= 0.6 is 0 Å². The zero-order chi connectivity index (χ0) is 59.5. The highest BCUT2D eigenvalue weighted by Crippen LogP contribution is 2.34. The van der Waals surface area contributed by atoms with Gasteiger partial charge in [-0.15, -0.1) is 0 Å². The minimum Gasteiger partial charge on any atom is -0.394 e. The minimum atomic E-state index is -2.01. The molecule has 3 fully saturated rings. The van der Waals surface area contributed by atoms with E-state index in [1.54, 1.807) is 0 Å². The summed E-state index contributed by atoms with van der Waals surface area (Å²) in [5, 5.41) is 144. The molecule has 0 spiro atoms. The first-order valence-electron chi connectivity index (χ1n) is 31.9. The van der Waals surface area contributed by atoms with E-state index in [1.807, 2.05) is 0 Å². The Morgan fingerprint density at radius 3 is 1.23 bits per heavy atom. The maximum atomic E-state index is 13.7. The lowest BCUT2D eigenvalue weighted by atomic mass is 9.96. The number of carbonyl (C=O) groups excluding carboxylic acids is 1. The van der Waals surface area contributed by atoms with E-state index in [0.717, 1.165) is 57.8 Å². The van der Waals surface area contributed by atoms with Crippen molar-refractivity contribution in [2.45, 2.75) is 355 Å². The van der Waals surface area contributed by atoms with E-state index in [-0.39, 0.29) is 12.8 Å². The highest BCUT2D eigenvalue weighted by Gasteiger charge is 2.54. The molecule has 3 rings (SSSR count). The van der Waals surface area contributed by atoms with E-state index in [4.69, 9.17) is 28.4 Å². The molecule has 0 aromatic carbocycles.